The first-order valence-electron chi connectivity index (χ1n) is 7.42. The Balaban J connectivity index is 2.45. The highest BCUT2D eigenvalue weighted by atomic mass is 15.1. The van der Waals surface area contributed by atoms with Crippen LogP contribution in [0.25, 0.3) is 0 Å². The standard InChI is InChI=1S/C15H32N2/c1-6-13-7-8-15(16-4)14(9-13)11-17(5)10-12(2)3/h12-16H,6-11H2,1-5H3. The van der Waals surface area contributed by atoms with Gasteiger partial charge in [-0.05, 0) is 51.1 Å². The predicted molar refractivity (Wildman–Crippen MR) is 76.3 cm³/mol. The molecule has 3 atom stereocenters. The number of hydrogen-bond donors (Lipinski definition) is 1. The van der Waals surface area contributed by atoms with Crippen LogP contribution in [-0.4, -0.2) is 38.1 Å². The molecule has 2 nitrogen and oxygen atoms in total. The van der Waals surface area contributed by atoms with Crippen molar-refractivity contribution in [2.75, 3.05) is 27.2 Å². The summed E-state index contributed by atoms with van der Waals surface area (Å²) in [6.45, 7) is 9.45. The summed E-state index contributed by atoms with van der Waals surface area (Å²) >= 11 is 0. The second kappa shape index (κ2) is 7.38. The molecule has 17 heavy (non-hydrogen) atoms. The van der Waals surface area contributed by atoms with Crippen LogP contribution in [0.5, 0.6) is 0 Å². The zero-order valence-corrected chi connectivity index (χ0v) is 12.5. The Bertz CT molecular complexity index is 203. The van der Waals surface area contributed by atoms with Gasteiger partial charge in [-0.3, -0.25) is 0 Å². The highest BCUT2D eigenvalue weighted by Crippen LogP contribution is 2.31. The molecule has 1 saturated carbocycles. The lowest BCUT2D eigenvalue weighted by Gasteiger charge is -2.38. The van der Waals surface area contributed by atoms with Gasteiger partial charge in [-0.1, -0.05) is 27.2 Å². The quantitative estimate of drug-likeness (QED) is 0.768. The molecule has 3 unspecified atom stereocenters. The second-order valence-electron chi connectivity index (χ2n) is 6.36. The molecule has 0 aromatic heterocycles. The Kier molecular flexibility index (Phi) is 6.50. The summed E-state index contributed by atoms with van der Waals surface area (Å²) in [7, 11) is 4.41. The summed E-state index contributed by atoms with van der Waals surface area (Å²) in [5, 5.41) is 3.53. The van der Waals surface area contributed by atoms with E-state index in [0.29, 0.717) is 0 Å². The smallest absolute Gasteiger partial charge is 0.0105 e. The van der Waals surface area contributed by atoms with Crippen molar-refractivity contribution in [3.63, 3.8) is 0 Å². The minimum absolute atomic E-state index is 0.743. The largest absolute Gasteiger partial charge is 0.317 e. The minimum Gasteiger partial charge on any atom is -0.317 e. The monoisotopic (exact) mass is 240 g/mol. The molecule has 2 heteroatoms. The lowest BCUT2D eigenvalue weighted by molar-refractivity contribution is 0.150. The highest BCUT2D eigenvalue weighted by molar-refractivity contribution is 4.85. The maximum Gasteiger partial charge on any atom is 0.0105 e. The summed E-state index contributed by atoms with van der Waals surface area (Å²) in [5.74, 6) is 2.60. The molecule has 0 spiro atoms. The van der Waals surface area contributed by atoms with E-state index in [9.17, 15) is 0 Å². The van der Waals surface area contributed by atoms with Crippen molar-refractivity contribution in [2.24, 2.45) is 17.8 Å². The molecule has 1 aliphatic rings. The van der Waals surface area contributed by atoms with Gasteiger partial charge in [0.15, 0.2) is 0 Å². The third-order valence-electron chi connectivity index (χ3n) is 4.26. The van der Waals surface area contributed by atoms with E-state index in [2.05, 4.69) is 45.1 Å². The Morgan fingerprint density at radius 1 is 1.29 bits per heavy atom. The van der Waals surface area contributed by atoms with Gasteiger partial charge in [0.1, 0.15) is 0 Å². The molecule has 1 aliphatic carbocycles. The molecule has 1 N–H and O–H groups in total. The van der Waals surface area contributed by atoms with E-state index in [1.807, 2.05) is 0 Å². The van der Waals surface area contributed by atoms with Crippen LogP contribution in [0.4, 0.5) is 0 Å². The topological polar surface area (TPSA) is 15.3 Å². The lowest BCUT2D eigenvalue weighted by Crippen LogP contribution is -2.44. The average Bonchev–Trinajstić information content (AvgIpc) is 2.27. The molecule has 0 amide bonds. The molecule has 0 saturated heterocycles. The van der Waals surface area contributed by atoms with Gasteiger partial charge in [-0.2, -0.15) is 0 Å². The Morgan fingerprint density at radius 3 is 2.53 bits per heavy atom. The van der Waals surface area contributed by atoms with Gasteiger partial charge >= 0.3 is 0 Å². The van der Waals surface area contributed by atoms with Crippen LogP contribution >= 0.6 is 0 Å². The van der Waals surface area contributed by atoms with E-state index in [-0.39, 0.29) is 0 Å². The van der Waals surface area contributed by atoms with Gasteiger partial charge in [-0.15, -0.1) is 0 Å². The molecule has 1 rings (SSSR count). The first-order chi connectivity index (χ1) is 8.06. The minimum atomic E-state index is 0.743. The van der Waals surface area contributed by atoms with Crippen molar-refractivity contribution >= 4 is 0 Å². The van der Waals surface area contributed by atoms with Crippen molar-refractivity contribution in [2.45, 2.75) is 52.5 Å². The van der Waals surface area contributed by atoms with Gasteiger partial charge in [-0.25, -0.2) is 0 Å². The second-order valence-corrected chi connectivity index (χ2v) is 6.36. The predicted octanol–water partition coefficient (Wildman–Crippen LogP) is 2.99. The lowest BCUT2D eigenvalue weighted by atomic mass is 9.76. The van der Waals surface area contributed by atoms with E-state index in [1.54, 1.807) is 0 Å². The van der Waals surface area contributed by atoms with E-state index in [1.165, 1.54) is 38.8 Å². The first-order valence-corrected chi connectivity index (χ1v) is 7.42. The van der Waals surface area contributed by atoms with Crippen LogP contribution in [0.15, 0.2) is 0 Å². The van der Waals surface area contributed by atoms with Crippen molar-refractivity contribution in [3.05, 3.63) is 0 Å². The zero-order valence-electron chi connectivity index (χ0n) is 12.5. The highest BCUT2D eigenvalue weighted by Gasteiger charge is 2.29. The van der Waals surface area contributed by atoms with E-state index in [0.717, 1.165) is 23.8 Å². The SMILES string of the molecule is CCC1CCC(NC)C(CN(C)CC(C)C)C1. The molecule has 0 aliphatic heterocycles. The molecule has 102 valence electrons. The van der Waals surface area contributed by atoms with Crippen LogP contribution < -0.4 is 5.32 Å². The van der Waals surface area contributed by atoms with Crippen LogP contribution in [0.2, 0.25) is 0 Å². The van der Waals surface area contributed by atoms with Crippen LogP contribution in [-0.2, 0) is 0 Å². The van der Waals surface area contributed by atoms with Crippen molar-refractivity contribution in [3.8, 4) is 0 Å². The molecule has 0 aromatic carbocycles. The average molecular weight is 240 g/mol. The number of nitrogens with one attached hydrogen (secondary N) is 1. The van der Waals surface area contributed by atoms with Crippen molar-refractivity contribution in [1.82, 2.24) is 10.2 Å². The Morgan fingerprint density at radius 2 is 2.00 bits per heavy atom. The zero-order chi connectivity index (χ0) is 12.8. The van der Waals surface area contributed by atoms with Crippen molar-refractivity contribution < 1.29 is 0 Å². The van der Waals surface area contributed by atoms with Crippen LogP contribution in [0.1, 0.15) is 46.5 Å². The summed E-state index contributed by atoms with van der Waals surface area (Å²) in [4.78, 5) is 2.53. The molecule has 0 radical (unpaired) electrons. The molecule has 1 fully saturated rings. The van der Waals surface area contributed by atoms with Gasteiger partial charge in [0, 0.05) is 19.1 Å². The van der Waals surface area contributed by atoms with E-state index in [4.69, 9.17) is 0 Å². The summed E-state index contributed by atoms with van der Waals surface area (Å²) in [5.41, 5.74) is 0. The number of nitrogens with zero attached hydrogens (tertiary/aromatic N) is 1. The number of hydrogen-bond acceptors (Lipinski definition) is 2. The molecular formula is C15H32N2. The fourth-order valence-electron chi connectivity index (χ4n) is 3.41. The third kappa shape index (κ3) is 4.97. The molecule has 0 bridgehead atoms. The summed E-state index contributed by atoms with van der Waals surface area (Å²) < 4.78 is 0. The normalized spacial score (nSPS) is 30.2. The molecule has 0 heterocycles. The van der Waals surface area contributed by atoms with Gasteiger partial charge in [0.2, 0.25) is 0 Å². The van der Waals surface area contributed by atoms with E-state index >= 15 is 0 Å². The fourth-order valence-corrected chi connectivity index (χ4v) is 3.41. The van der Waals surface area contributed by atoms with Gasteiger partial charge < -0.3 is 10.2 Å². The van der Waals surface area contributed by atoms with Gasteiger partial charge in [0.25, 0.3) is 0 Å². The Hall–Kier alpha value is -0.0800. The van der Waals surface area contributed by atoms with Crippen LogP contribution in [0.3, 0.4) is 0 Å². The number of rotatable bonds is 6. The molecule has 0 aromatic rings. The Labute approximate surface area is 108 Å². The maximum absolute atomic E-state index is 3.53. The fraction of sp³-hybridized carbons (Fsp3) is 1.00. The van der Waals surface area contributed by atoms with Crippen LogP contribution in [0, 0.1) is 17.8 Å². The first kappa shape index (κ1) is 15.0. The maximum atomic E-state index is 3.53. The summed E-state index contributed by atoms with van der Waals surface area (Å²) in [6, 6.07) is 0.743. The summed E-state index contributed by atoms with van der Waals surface area (Å²) in [6.07, 6.45) is 5.58. The molecular weight excluding hydrogens is 208 g/mol. The third-order valence-corrected chi connectivity index (χ3v) is 4.26. The van der Waals surface area contributed by atoms with Gasteiger partial charge in [0.05, 0.1) is 0 Å². The van der Waals surface area contributed by atoms with E-state index < -0.39 is 0 Å². The van der Waals surface area contributed by atoms with Crippen molar-refractivity contribution in [1.29, 1.82) is 0 Å².